The molecule has 5 nitrogen and oxygen atoms in total. The molecule has 1 aliphatic rings. The summed E-state index contributed by atoms with van der Waals surface area (Å²) < 4.78 is 5.26. The van der Waals surface area contributed by atoms with E-state index in [0.717, 1.165) is 5.56 Å². The number of aliphatic hydroxyl groups excluding tert-OH is 1. The van der Waals surface area contributed by atoms with Gasteiger partial charge < -0.3 is 9.84 Å². The van der Waals surface area contributed by atoms with E-state index in [0.29, 0.717) is 5.56 Å². The van der Waals surface area contributed by atoms with Crippen molar-refractivity contribution >= 4 is 5.97 Å². The number of carbonyl (C=O) groups excluding carboxylic acids is 1. The molecule has 108 valence electrons. The predicted molar refractivity (Wildman–Crippen MR) is 72.5 cm³/mol. The van der Waals surface area contributed by atoms with Crippen LogP contribution in [-0.4, -0.2) is 17.4 Å². The van der Waals surface area contributed by atoms with E-state index in [4.69, 9.17) is 9.62 Å². The monoisotopic (exact) mass is 286 g/mol. The van der Waals surface area contributed by atoms with Crippen LogP contribution in [0.4, 0.5) is 0 Å². The summed E-state index contributed by atoms with van der Waals surface area (Å²) in [5, 5.41) is 9.83. The van der Waals surface area contributed by atoms with Gasteiger partial charge in [-0.05, 0) is 5.56 Å². The molecule has 0 amide bonds. The van der Waals surface area contributed by atoms with Gasteiger partial charge in [0.15, 0.2) is 0 Å². The van der Waals surface area contributed by atoms with Crippen LogP contribution in [0, 0.1) is 0 Å². The first-order valence-corrected chi connectivity index (χ1v) is 6.53. The molecule has 0 aromatic heterocycles. The zero-order valence-corrected chi connectivity index (χ0v) is 11.1. The van der Waals surface area contributed by atoms with Crippen molar-refractivity contribution in [1.82, 2.24) is 0 Å². The van der Waals surface area contributed by atoms with Crippen molar-refractivity contribution in [3.63, 3.8) is 0 Å². The third-order valence-electron chi connectivity index (χ3n) is 3.34. The van der Waals surface area contributed by atoms with Crippen molar-refractivity contribution in [2.24, 2.45) is 0 Å². The Morgan fingerprint density at radius 1 is 1.10 bits per heavy atom. The molecule has 2 aromatic rings. The van der Waals surface area contributed by atoms with Gasteiger partial charge in [0.05, 0.1) is 0 Å². The molecule has 0 saturated carbocycles. The van der Waals surface area contributed by atoms with Crippen LogP contribution in [0.15, 0.2) is 60.7 Å². The molecule has 5 heteroatoms. The maximum Gasteiger partial charge on any atom is 0.352 e. The maximum atomic E-state index is 12.3. The first-order chi connectivity index (χ1) is 10.2. The second-order valence-electron chi connectivity index (χ2n) is 4.70. The summed E-state index contributed by atoms with van der Waals surface area (Å²) in [7, 11) is 0. The van der Waals surface area contributed by atoms with E-state index in [1.165, 1.54) is 0 Å². The van der Waals surface area contributed by atoms with Crippen molar-refractivity contribution in [2.75, 3.05) is 0 Å². The fourth-order valence-electron chi connectivity index (χ4n) is 2.15. The van der Waals surface area contributed by atoms with Crippen molar-refractivity contribution in [3.05, 3.63) is 71.8 Å². The normalized spacial score (nSPS) is 24.1. The molecule has 2 unspecified atom stereocenters. The molecule has 0 radical (unpaired) electrons. The van der Waals surface area contributed by atoms with Crippen LogP contribution in [0.2, 0.25) is 0 Å². The zero-order valence-electron chi connectivity index (χ0n) is 11.1. The first kappa shape index (κ1) is 13.8. The van der Waals surface area contributed by atoms with E-state index in [1.807, 2.05) is 30.3 Å². The Bertz CT molecular complexity index is 613. The number of carbonyl (C=O) groups is 1. The van der Waals surface area contributed by atoms with Crippen LogP contribution in [-0.2, 0) is 31.5 Å². The van der Waals surface area contributed by atoms with Crippen LogP contribution in [0.3, 0.4) is 0 Å². The third-order valence-corrected chi connectivity index (χ3v) is 3.34. The van der Waals surface area contributed by atoms with Gasteiger partial charge in [-0.15, -0.1) is 0 Å². The van der Waals surface area contributed by atoms with Crippen LogP contribution in [0.1, 0.15) is 11.1 Å². The zero-order chi connectivity index (χ0) is 14.7. The Hall–Kier alpha value is -2.21. The van der Waals surface area contributed by atoms with Gasteiger partial charge in [0, 0.05) is 5.56 Å². The highest BCUT2D eigenvalue weighted by Gasteiger charge is 2.60. The van der Waals surface area contributed by atoms with Crippen molar-refractivity contribution in [2.45, 2.75) is 18.5 Å². The van der Waals surface area contributed by atoms with Crippen molar-refractivity contribution in [1.29, 1.82) is 0 Å². The van der Waals surface area contributed by atoms with Gasteiger partial charge in [0.25, 0.3) is 5.60 Å². The summed E-state index contributed by atoms with van der Waals surface area (Å²) in [6.07, 6.45) is -1.39. The molecule has 1 aliphatic heterocycles. The molecule has 1 N–H and O–H groups in total. The Balaban J connectivity index is 1.77. The molecular formula is C16H14O5. The molecule has 3 rings (SSSR count). The summed E-state index contributed by atoms with van der Waals surface area (Å²) in [5.41, 5.74) is -0.277. The number of hydrogen-bond donors (Lipinski definition) is 1. The molecule has 21 heavy (non-hydrogen) atoms. The summed E-state index contributed by atoms with van der Waals surface area (Å²) in [6.45, 7) is 0.102. The fourth-order valence-corrected chi connectivity index (χ4v) is 2.15. The summed E-state index contributed by atoms with van der Waals surface area (Å²) in [6, 6.07) is 17.9. The van der Waals surface area contributed by atoms with Crippen LogP contribution >= 0.6 is 0 Å². The van der Waals surface area contributed by atoms with Gasteiger partial charge in [-0.1, -0.05) is 60.7 Å². The molecule has 1 fully saturated rings. The predicted octanol–water partition coefficient (Wildman–Crippen LogP) is 1.91. The average Bonchev–Trinajstić information content (AvgIpc) is 2.54. The lowest BCUT2D eigenvalue weighted by molar-refractivity contribution is -0.549. The van der Waals surface area contributed by atoms with Gasteiger partial charge in [-0.2, -0.15) is 4.89 Å². The molecule has 1 saturated heterocycles. The van der Waals surface area contributed by atoms with Crippen molar-refractivity contribution in [3.8, 4) is 0 Å². The Morgan fingerprint density at radius 3 is 2.24 bits per heavy atom. The number of hydrogen-bond acceptors (Lipinski definition) is 5. The SMILES string of the molecule is O=C(OCc1ccccc1)C1(c2ccccc2)OOC1O. The minimum absolute atomic E-state index is 0.102. The molecular weight excluding hydrogens is 272 g/mol. The highest BCUT2D eigenvalue weighted by atomic mass is 17.3. The molecule has 0 spiro atoms. The second-order valence-corrected chi connectivity index (χ2v) is 4.70. The fraction of sp³-hybridized carbons (Fsp3) is 0.188. The minimum atomic E-state index is -1.62. The number of esters is 1. The summed E-state index contributed by atoms with van der Waals surface area (Å²) in [5.74, 6) is -0.684. The van der Waals surface area contributed by atoms with E-state index < -0.39 is 17.9 Å². The molecule has 0 bridgehead atoms. The smallest absolute Gasteiger partial charge is 0.352 e. The highest BCUT2D eigenvalue weighted by molar-refractivity contribution is 5.82. The Kier molecular flexibility index (Phi) is 3.70. The number of aliphatic hydroxyl groups is 1. The van der Waals surface area contributed by atoms with E-state index in [9.17, 15) is 9.90 Å². The van der Waals surface area contributed by atoms with E-state index in [2.05, 4.69) is 4.89 Å². The largest absolute Gasteiger partial charge is 0.458 e. The maximum absolute atomic E-state index is 12.3. The Labute approximate surface area is 121 Å². The van der Waals surface area contributed by atoms with Crippen LogP contribution in [0.5, 0.6) is 0 Å². The molecule has 0 aliphatic carbocycles. The molecule has 2 atom stereocenters. The average molecular weight is 286 g/mol. The molecule has 1 heterocycles. The topological polar surface area (TPSA) is 65.0 Å². The number of benzene rings is 2. The van der Waals surface area contributed by atoms with E-state index in [1.54, 1.807) is 30.3 Å². The summed E-state index contributed by atoms with van der Waals surface area (Å²) in [4.78, 5) is 21.8. The van der Waals surface area contributed by atoms with Gasteiger partial charge in [0.2, 0.25) is 6.29 Å². The summed E-state index contributed by atoms with van der Waals surface area (Å²) >= 11 is 0. The number of ether oxygens (including phenoxy) is 1. The van der Waals surface area contributed by atoms with E-state index >= 15 is 0 Å². The van der Waals surface area contributed by atoms with Crippen LogP contribution in [0.25, 0.3) is 0 Å². The standard InChI is InChI=1S/C16H14O5/c17-14(19-11-12-7-3-1-4-8-12)16(15(18)20-21-16)13-9-5-2-6-10-13/h1-10,15,18H,11H2. The van der Waals surface area contributed by atoms with Gasteiger partial charge in [-0.3, -0.25) is 0 Å². The minimum Gasteiger partial charge on any atom is -0.458 e. The highest BCUT2D eigenvalue weighted by Crippen LogP contribution is 2.40. The number of rotatable bonds is 4. The second kappa shape index (κ2) is 5.65. The quantitative estimate of drug-likeness (QED) is 0.687. The van der Waals surface area contributed by atoms with Crippen molar-refractivity contribution < 1.29 is 24.4 Å². The molecule has 2 aromatic carbocycles. The first-order valence-electron chi connectivity index (χ1n) is 6.53. The van der Waals surface area contributed by atoms with Crippen LogP contribution < -0.4 is 0 Å². The van der Waals surface area contributed by atoms with Gasteiger partial charge >= 0.3 is 5.97 Å². The van der Waals surface area contributed by atoms with E-state index in [-0.39, 0.29) is 6.61 Å². The lowest BCUT2D eigenvalue weighted by Crippen LogP contribution is -2.59. The lowest BCUT2D eigenvalue weighted by atomic mass is 9.92. The lowest BCUT2D eigenvalue weighted by Gasteiger charge is -2.41. The third kappa shape index (κ3) is 2.42. The Morgan fingerprint density at radius 2 is 1.71 bits per heavy atom. The van der Waals surface area contributed by atoms with Gasteiger partial charge in [-0.25, -0.2) is 9.68 Å². The van der Waals surface area contributed by atoms with Gasteiger partial charge in [0.1, 0.15) is 6.61 Å².